The van der Waals surface area contributed by atoms with Crippen LogP contribution in [0.4, 0.5) is 4.39 Å². The van der Waals surface area contributed by atoms with E-state index in [4.69, 9.17) is 0 Å². The first-order valence-electron chi connectivity index (χ1n) is 10.5. The van der Waals surface area contributed by atoms with Crippen molar-refractivity contribution >= 4 is 41.8 Å². The Hall–Kier alpha value is -2.69. The molecule has 0 bridgehead atoms. The van der Waals surface area contributed by atoms with Gasteiger partial charge in [0.05, 0.1) is 13.1 Å². The molecule has 9 heteroatoms. The van der Waals surface area contributed by atoms with Crippen molar-refractivity contribution in [3.05, 3.63) is 71.0 Å². The Bertz CT molecular complexity index is 936. The number of piperazine rings is 1. The third-order valence-electron chi connectivity index (χ3n) is 4.89. The van der Waals surface area contributed by atoms with Gasteiger partial charge in [0.15, 0.2) is 5.96 Å². The number of halogens is 2. The monoisotopic (exact) mass is 553 g/mol. The maximum Gasteiger partial charge on any atom is 0.254 e. The molecule has 1 heterocycles. The first kappa shape index (κ1) is 25.6. The third-order valence-corrected chi connectivity index (χ3v) is 4.89. The van der Waals surface area contributed by atoms with E-state index in [0.29, 0.717) is 44.1 Å². The van der Waals surface area contributed by atoms with Crippen LogP contribution in [0.2, 0.25) is 0 Å². The van der Waals surface area contributed by atoms with Gasteiger partial charge in [0.25, 0.3) is 5.91 Å². The molecule has 0 spiro atoms. The van der Waals surface area contributed by atoms with Gasteiger partial charge in [-0.25, -0.2) is 9.38 Å². The highest BCUT2D eigenvalue weighted by atomic mass is 127. The lowest BCUT2D eigenvalue weighted by molar-refractivity contribution is -0.123. The van der Waals surface area contributed by atoms with Gasteiger partial charge in [0.1, 0.15) is 5.82 Å². The zero-order chi connectivity index (χ0) is 22.1. The Labute approximate surface area is 204 Å². The van der Waals surface area contributed by atoms with Gasteiger partial charge >= 0.3 is 0 Å². The van der Waals surface area contributed by atoms with Crippen molar-refractivity contribution in [3.63, 3.8) is 0 Å². The van der Waals surface area contributed by atoms with Crippen LogP contribution in [0.15, 0.2) is 53.5 Å². The van der Waals surface area contributed by atoms with Gasteiger partial charge in [0, 0.05) is 31.7 Å². The highest BCUT2D eigenvalue weighted by Gasteiger charge is 2.22. The number of guanidine groups is 1. The molecule has 172 valence electrons. The van der Waals surface area contributed by atoms with E-state index in [2.05, 4.69) is 20.9 Å². The predicted molar refractivity (Wildman–Crippen MR) is 134 cm³/mol. The lowest BCUT2D eigenvalue weighted by atomic mass is 10.1. The summed E-state index contributed by atoms with van der Waals surface area (Å²) in [6.45, 7) is 4.90. The van der Waals surface area contributed by atoms with Gasteiger partial charge < -0.3 is 20.9 Å². The van der Waals surface area contributed by atoms with E-state index in [0.717, 1.165) is 17.7 Å². The lowest BCUT2D eigenvalue weighted by Crippen LogP contribution is -2.49. The number of hydrogen-bond donors (Lipinski definition) is 3. The molecule has 0 radical (unpaired) electrons. The number of carbonyl (C=O) groups is 2. The minimum absolute atomic E-state index is 0. The predicted octanol–water partition coefficient (Wildman–Crippen LogP) is 2.31. The molecule has 3 rings (SSSR count). The Morgan fingerprint density at radius 1 is 1.16 bits per heavy atom. The van der Waals surface area contributed by atoms with Crippen LogP contribution >= 0.6 is 24.0 Å². The first-order chi connectivity index (χ1) is 15.0. The molecule has 7 nitrogen and oxygen atoms in total. The average molecular weight is 553 g/mol. The van der Waals surface area contributed by atoms with Crippen LogP contribution in [0.1, 0.15) is 28.4 Å². The lowest BCUT2D eigenvalue weighted by Gasteiger charge is -2.26. The van der Waals surface area contributed by atoms with Gasteiger partial charge in [-0.05, 0) is 48.7 Å². The normalized spacial score (nSPS) is 13.8. The molecule has 1 aliphatic heterocycles. The number of rotatable bonds is 7. The standard InChI is InChI=1S/C23H28FN5O2.HI/c1-2-25-23(27-11-10-17-4-3-5-20(24)14-17)28-15-18-6-8-19(9-7-18)22(31)29-13-12-26-21(30)16-29;/h3-9,14H,2,10-13,15-16H2,1H3,(H,26,30)(H2,25,27,28);1H. The Balaban J connectivity index is 0.00000363. The topological polar surface area (TPSA) is 85.8 Å². The molecular weight excluding hydrogens is 524 g/mol. The molecule has 1 fully saturated rings. The van der Waals surface area contributed by atoms with Crippen molar-refractivity contribution < 1.29 is 14.0 Å². The highest BCUT2D eigenvalue weighted by molar-refractivity contribution is 14.0. The highest BCUT2D eigenvalue weighted by Crippen LogP contribution is 2.10. The second-order valence-corrected chi connectivity index (χ2v) is 7.28. The summed E-state index contributed by atoms with van der Waals surface area (Å²) in [5, 5.41) is 9.16. The van der Waals surface area contributed by atoms with Gasteiger partial charge in [-0.2, -0.15) is 0 Å². The van der Waals surface area contributed by atoms with E-state index >= 15 is 0 Å². The summed E-state index contributed by atoms with van der Waals surface area (Å²) < 4.78 is 13.3. The molecule has 1 aliphatic rings. The smallest absolute Gasteiger partial charge is 0.254 e. The van der Waals surface area contributed by atoms with Crippen molar-refractivity contribution in [2.45, 2.75) is 19.9 Å². The second-order valence-electron chi connectivity index (χ2n) is 7.28. The molecule has 2 aromatic carbocycles. The molecule has 2 aromatic rings. The number of nitrogens with one attached hydrogen (secondary N) is 3. The van der Waals surface area contributed by atoms with Crippen LogP contribution < -0.4 is 16.0 Å². The molecule has 32 heavy (non-hydrogen) atoms. The Morgan fingerprint density at radius 3 is 2.62 bits per heavy atom. The summed E-state index contributed by atoms with van der Waals surface area (Å²) in [5.41, 5.74) is 2.45. The summed E-state index contributed by atoms with van der Waals surface area (Å²) in [6, 6.07) is 13.9. The number of aliphatic imine (C=N–C) groups is 1. The Morgan fingerprint density at radius 2 is 1.94 bits per heavy atom. The SMILES string of the molecule is CCNC(=NCc1ccc(C(=O)N2CCNC(=O)C2)cc1)NCCc1cccc(F)c1.I. The molecule has 0 unspecified atom stereocenters. The van der Waals surface area contributed by atoms with E-state index in [9.17, 15) is 14.0 Å². The average Bonchev–Trinajstić information content (AvgIpc) is 2.77. The van der Waals surface area contributed by atoms with Crippen LogP contribution in [-0.4, -0.2) is 55.4 Å². The summed E-state index contributed by atoms with van der Waals surface area (Å²) in [4.78, 5) is 30.2. The zero-order valence-electron chi connectivity index (χ0n) is 18.1. The van der Waals surface area contributed by atoms with Crippen LogP contribution in [0, 0.1) is 5.82 Å². The Kier molecular flexibility index (Phi) is 10.4. The zero-order valence-corrected chi connectivity index (χ0v) is 20.4. The van der Waals surface area contributed by atoms with Crippen molar-refractivity contribution in [1.29, 1.82) is 0 Å². The number of amides is 2. The number of nitrogens with zero attached hydrogens (tertiary/aromatic N) is 2. The maximum absolute atomic E-state index is 13.3. The van der Waals surface area contributed by atoms with E-state index in [1.165, 1.54) is 12.1 Å². The van der Waals surface area contributed by atoms with Gasteiger partial charge in [-0.1, -0.05) is 24.3 Å². The van der Waals surface area contributed by atoms with Crippen LogP contribution in [0.5, 0.6) is 0 Å². The van der Waals surface area contributed by atoms with E-state index < -0.39 is 0 Å². The van der Waals surface area contributed by atoms with Crippen molar-refractivity contribution in [2.24, 2.45) is 4.99 Å². The minimum Gasteiger partial charge on any atom is -0.357 e. The van der Waals surface area contributed by atoms with Crippen LogP contribution in [-0.2, 0) is 17.8 Å². The molecule has 0 aromatic heterocycles. The van der Waals surface area contributed by atoms with Crippen LogP contribution in [0.3, 0.4) is 0 Å². The number of benzene rings is 2. The number of carbonyl (C=O) groups excluding carboxylic acids is 2. The summed E-state index contributed by atoms with van der Waals surface area (Å²) in [6.07, 6.45) is 0.688. The molecule has 0 atom stereocenters. The van der Waals surface area contributed by atoms with E-state index in [-0.39, 0.29) is 48.2 Å². The molecular formula is C23H29FIN5O2. The van der Waals surface area contributed by atoms with Crippen molar-refractivity contribution in [1.82, 2.24) is 20.9 Å². The molecule has 0 saturated carbocycles. The van der Waals surface area contributed by atoms with Crippen molar-refractivity contribution in [3.8, 4) is 0 Å². The number of hydrogen-bond acceptors (Lipinski definition) is 3. The fraction of sp³-hybridized carbons (Fsp3) is 0.348. The summed E-state index contributed by atoms with van der Waals surface area (Å²) in [5.74, 6) is 0.172. The molecule has 0 aliphatic carbocycles. The molecule has 3 N–H and O–H groups in total. The molecule has 1 saturated heterocycles. The van der Waals surface area contributed by atoms with Gasteiger partial charge in [-0.15, -0.1) is 24.0 Å². The summed E-state index contributed by atoms with van der Waals surface area (Å²) >= 11 is 0. The largest absolute Gasteiger partial charge is 0.357 e. The fourth-order valence-corrected chi connectivity index (χ4v) is 3.28. The van der Waals surface area contributed by atoms with E-state index in [1.807, 2.05) is 25.1 Å². The molecule has 2 amide bonds. The van der Waals surface area contributed by atoms with E-state index in [1.54, 1.807) is 23.1 Å². The quantitative estimate of drug-likeness (QED) is 0.279. The third kappa shape index (κ3) is 7.77. The maximum atomic E-state index is 13.3. The van der Waals surface area contributed by atoms with Gasteiger partial charge in [0.2, 0.25) is 5.91 Å². The fourth-order valence-electron chi connectivity index (χ4n) is 3.28. The first-order valence-corrected chi connectivity index (χ1v) is 10.5. The summed E-state index contributed by atoms with van der Waals surface area (Å²) in [7, 11) is 0. The van der Waals surface area contributed by atoms with Crippen molar-refractivity contribution in [2.75, 3.05) is 32.7 Å². The van der Waals surface area contributed by atoms with Crippen LogP contribution in [0.25, 0.3) is 0 Å². The van der Waals surface area contributed by atoms with Gasteiger partial charge in [-0.3, -0.25) is 9.59 Å². The second kappa shape index (κ2) is 13.0. The minimum atomic E-state index is -0.233.